The lowest BCUT2D eigenvalue weighted by molar-refractivity contribution is -0.118. The number of nitrogens with one attached hydrogen (secondary N) is 1. The summed E-state index contributed by atoms with van der Waals surface area (Å²) in [4.78, 5) is 24.8. The first kappa shape index (κ1) is 18.7. The van der Waals surface area contributed by atoms with Gasteiger partial charge in [0.05, 0.1) is 5.39 Å². The molecule has 5 heteroatoms. The van der Waals surface area contributed by atoms with Gasteiger partial charge < -0.3 is 14.6 Å². The molecule has 140 valence electrons. The Balaban J connectivity index is 1.78. The van der Waals surface area contributed by atoms with Crippen LogP contribution in [0.15, 0.2) is 47.4 Å². The molecule has 0 saturated carbocycles. The number of hydrogen-bond donors (Lipinski definition) is 1. The van der Waals surface area contributed by atoms with E-state index >= 15 is 0 Å². The van der Waals surface area contributed by atoms with E-state index in [0.29, 0.717) is 23.1 Å². The Morgan fingerprint density at radius 2 is 1.78 bits per heavy atom. The van der Waals surface area contributed by atoms with E-state index in [0.717, 1.165) is 22.4 Å². The third kappa shape index (κ3) is 3.87. The molecule has 1 N–H and O–H groups in total. The number of nitrogens with zero attached hydrogens (tertiary/aromatic N) is 1. The number of fused-ring (bicyclic) bond motifs is 1. The first-order chi connectivity index (χ1) is 12.9. The third-order valence-electron chi connectivity index (χ3n) is 4.62. The molecule has 1 amide bonds. The van der Waals surface area contributed by atoms with Gasteiger partial charge in [-0.2, -0.15) is 0 Å². The fourth-order valence-corrected chi connectivity index (χ4v) is 3.36. The van der Waals surface area contributed by atoms with Crippen LogP contribution in [0.2, 0.25) is 0 Å². The maximum absolute atomic E-state index is 12.4. The number of amides is 1. The quantitative estimate of drug-likeness (QED) is 0.745. The van der Waals surface area contributed by atoms with Crippen molar-refractivity contribution in [2.24, 2.45) is 0 Å². The zero-order valence-electron chi connectivity index (χ0n) is 16.1. The van der Waals surface area contributed by atoms with E-state index < -0.39 is 0 Å². The Labute approximate surface area is 158 Å². The average molecular weight is 364 g/mol. The monoisotopic (exact) mass is 364 g/mol. The minimum Gasteiger partial charge on any atom is -0.483 e. The highest BCUT2D eigenvalue weighted by Crippen LogP contribution is 2.24. The second-order valence-corrected chi connectivity index (χ2v) is 6.73. The highest BCUT2D eigenvalue weighted by Gasteiger charge is 2.11. The van der Waals surface area contributed by atoms with E-state index in [4.69, 9.17) is 4.74 Å². The molecule has 0 saturated heterocycles. The molecule has 5 nitrogen and oxygen atoms in total. The van der Waals surface area contributed by atoms with Gasteiger partial charge in [-0.05, 0) is 57.0 Å². The van der Waals surface area contributed by atoms with Crippen molar-refractivity contribution in [1.29, 1.82) is 0 Å². The number of pyridine rings is 1. The average Bonchev–Trinajstić information content (AvgIpc) is 2.63. The summed E-state index contributed by atoms with van der Waals surface area (Å²) >= 11 is 0. The van der Waals surface area contributed by atoms with Crippen LogP contribution in [-0.2, 0) is 11.3 Å². The van der Waals surface area contributed by atoms with Gasteiger partial charge in [0.25, 0.3) is 11.5 Å². The van der Waals surface area contributed by atoms with Crippen LogP contribution in [0.4, 0.5) is 5.69 Å². The van der Waals surface area contributed by atoms with Crippen LogP contribution in [0.25, 0.3) is 10.8 Å². The van der Waals surface area contributed by atoms with Crippen molar-refractivity contribution in [3.8, 4) is 5.75 Å². The molecule has 27 heavy (non-hydrogen) atoms. The minimum atomic E-state index is -0.232. The summed E-state index contributed by atoms with van der Waals surface area (Å²) in [5, 5.41) is 4.22. The van der Waals surface area contributed by atoms with Crippen LogP contribution in [0, 0.1) is 20.8 Å². The lowest BCUT2D eigenvalue weighted by atomic mass is 10.1. The number of benzene rings is 2. The van der Waals surface area contributed by atoms with Crippen LogP contribution in [0.3, 0.4) is 0 Å². The maximum atomic E-state index is 12.4. The molecule has 3 rings (SSSR count). The normalized spacial score (nSPS) is 10.8. The fourth-order valence-electron chi connectivity index (χ4n) is 3.36. The molecule has 0 radical (unpaired) electrons. The Morgan fingerprint density at radius 1 is 1.07 bits per heavy atom. The molecule has 0 atom stereocenters. The number of aryl methyl sites for hydroxylation is 4. The molecule has 0 bridgehead atoms. The number of carbonyl (C=O) groups is 1. The van der Waals surface area contributed by atoms with Gasteiger partial charge in [0.1, 0.15) is 5.75 Å². The Kier molecular flexibility index (Phi) is 5.31. The van der Waals surface area contributed by atoms with Gasteiger partial charge in [0.2, 0.25) is 0 Å². The van der Waals surface area contributed by atoms with Crippen LogP contribution in [-0.4, -0.2) is 17.1 Å². The maximum Gasteiger partial charge on any atom is 0.262 e. The molecule has 2 aromatic carbocycles. The predicted octanol–water partition coefficient (Wildman–Crippen LogP) is 3.96. The van der Waals surface area contributed by atoms with Crippen LogP contribution in [0.5, 0.6) is 5.75 Å². The molecular weight excluding hydrogens is 340 g/mol. The lowest BCUT2D eigenvalue weighted by Gasteiger charge is -2.14. The van der Waals surface area contributed by atoms with Gasteiger partial charge in [0, 0.05) is 23.8 Å². The van der Waals surface area contributed by atoms with Gasteiger partial charge in [-0.25, -0.2) is 0 Å². The third-order valence-corrected chi connectivity index (χ3v) is 4.62. The van der Waals surface area contributed by atoms with Gasteiger partial charge >= 0.3 is 0 Å². The predicted molar refractivity (Wildman–Crippen MR) is 109 cm³/mol. The van der Waals surface area contributed by atoms with E-state index in [1.807, 2.05) is 45.9 Å². The summed E-state index contributed by atoms with van der Waals surface area (Å²) in [5.41, 5.74) is 3.96. The molecule has 1 aromatic heterocycles. The standard InChI is InChI=1S/C22H24N2O3/c1-5-24-10-9-17-18(22(24)26)7-6-8-19(17)27-13-20(25)23-21-15(3)11-14(2)12-16(21)4/h6-12H,5,13H2,1-4H3,(H,23,25). The summed E-state index contributed by atoms with van der Waals surface area (Å²) in [6.45, 7) is 8.38. The van der Waals surface area contributed by atoms with Crippen molar-refractivity contribution >= 4 is 22.4 Å². The van der Waals surface area contributed by atoms with Gasteiger partial charge in [0.15, 0.2) is 6.61 Å². The van der Waals surface area contributed by atoms with Crippen LogP contribution in [0.1, 0.15) is 23.6 Å². The highest BCUT2D eigenvalue weighted by atomic mass is 16.5. The van der Waals surface area contributed by atoms with E-state index in [9.17, 15) is 9.59 Å². The first-order valence-corrected chi connectivity index (χ1v) is 9.03. The summed E-state index contributed by atoms with van der Waals surface area (Å²) in [5.74, 6) is 0.296. The van der Waals surface area contributed by atoms with E-state index in [-0.39, 0.29) is 18.1 Å². The molecule has 1 heterocycles. The van der Waals surface area contributed by atoms with Crippen molar-refractivity contribution in [2.75, 3.05) is 11.9 Å². The number of ether oxygens (including phenoxy) is 1. The van der Waals surface area contributed by atoms with Crippen molar-refractivity contribution < 1.29 is 9.53 Å². The first-order valence-electron chi connectivity index (χ1n) is 9.03. The minimum absolute atomic E-state index is 0.0594. The molecule has 0 aliphatic carbocycles. The van der Waals surface area contributed by atoms with Crippen molar-refractivity contribution in [3.63, 3.8) is 0 Å². The number of anilines is 1. The molecule has 0 aliphatic heterocycles. The number of hydrogen-bond acceptors (Lipinski definition) is 3. The molecule has 3 aromatic rings. The SMILES string of the molecule is CCn1ccc2c(OCC(=O)Nc3c(C)cc(C)cc3C)cccc2c1=O. The van der Waals surface area contributed by atoms with Crippen molar-refractivity contribution in [1.82, 2.24) is 4.57 Å². The van der Waals surface area contributed by atoms with Crippen molar-refractivity contribution in [2.45, 2.75) is 34.2 Å². The Morgan fingerprint density at radius 3 is 2.44 bits per heavy atom. The Bertz CT molecular complexity index is 1040. The summed E-state index contributed by atoms with van der Waals surface area (Å²) < 4.78 is 7.37. The van der Waals surface area contributed by atoms with E-state index in [1.54, 1.807) is 29.0 Å². The van der Waals surface area contributed by atoms with E-state index in [2.05, 4.69) is 5.32 Å². The van der Waals surface area contributed by atoms with Crippen LogP contribution < -0.4 is 15.6 Å². The number of carbonyl (C=O) groups excluding carboxylic acids is 1. The summed E-state index contributed by atoms with van der Waals surface area (Å²) in [7, 11) is 0. The lowest BCUT2D eigenvalue weighted by Crippen LogP contribution is -2.22. The summed E-state index contributed by atoms with van der Waals surface area (Å²) in [6.07, 6.45) is 1.75. The second kappa shape index (κ2) is 7.66. The zero-order chi connectivity index (χ0) is 19.6. The van der Waals surface area contributed by atoms with Crippen molar-refractivity contribution in [3.05, 3.63) is 69.6 Å². The highest BCUT2D eigenvalue weighted by molar-refractivity contribution is 5.94. The van der Waals surface area contributed by atoms with Crippen LogP contribution >= 0.6 is 0 Å². The largest absolute Gasteiger partial charge is 0.483 e. The number of rotatable bonds is 5. The topological polar surface area (TPSA) is 60.3 Å². The Hall–Kier alpha value is -3.08. The molecule has 0 fully saturated rings. The molecule has 0 spiro atoms. The van der Waals surface area contributed by atoms with Gasteiger partial charge in [-0.3, -0.25) is 9.59 Å². The molecule has 0 aliphatic rings. The van der Waals surface area contributed by atoms with Gasteiger partial charge in [-0.15, -0.1) is 0 Å². The van der Waals surface area contributed by atoms with E-state index in [1.165, 1.54) is 0 Å². The molecule has 0 unspecified atom stereocenters. The second-order valence-electron chi connectivity index (χ2n) is 6.73. The smallest absolute Gasteiger partial charge is 0.262 e. The molecular formula is C22H24N2O3. The summed E-state index contributed by atoms with van der Waals surface area (Å²) in [6, 6.07) is 11.2. The van der Waals surface area contributed by atoms with Gasteiger partial charge in [-0.1, -0.05) is 23.8 Å². The zero-order valence-corrected chi connectivity index (χ0v) is 16.1. The number of aromatic nitrogens is 1. The fraction of sp³-hybridized carbons (Fsp3) is 0.273.